The van der Waals surface area contributed by atoms with E-state index in [4.69, 9.17) is 4.74 Å². The van der Waals surface area contributed by atoms with E-state index in [-0.39, 0.29) is 6.04 Å². The van der Waals surface area contributed by atoms with E-state index in [0.29, 0.717) is 0 Å². The van der Waals surface area contributed by atoms with Gasteiger partial charge in [0.15, 0.2) is 0 Å². The van der Waals surface area contributed by atoms with Gasteiger partial charge in [-0.15, -0.1) is 11.3 Å². The third kappa shape index (κ3) is 2.85. The van der Waals surface area contributed by atoms with E-state index in [1.807, 2.05) is 11.3 Å². The molecule has 0 saturated carbocycles. The van der Waals surface area contributed by atoms with Crippen molar-refractivity contribution < 1.29 is 4.74 Å². The Hall–Kier alpha value is -1.32. The first-order valence-electron chi connectivity index (χ1n) is 7.75. The molecule has 2 aromatic rings. The first-order chi connectivity index (χ1) is 10.2. The molecule has 0 saturated heterocycles. The summed E-state index contributed by atoms with van der Waals surface area (Å²) in [5.74, 6) is 1.11. The summed E-state index contributed by atoms with van der Waals surface area (Å²) in [4.78, 5) is 2.80. The average Bonchev–Trinajstić information content (AvgIpc) is 3.07. The van der Waals surface area contributed by atoms with Gasteiger partial charge in [-0.1, -0.05) is 25.1 Å². The van der Waals surface area contributed by atoms with Crippen molar-refractivity contribution in [2.75, 3.05) is 13.2 Å². The lowest BCUT2D eigenvalue weighted by atomic mass is 10.00. The van der Waals surface area contributed by atoms with E-state index < -0.39 is 0 Å². The fourth-order valence-corrected chi connectivity index (χ4v) is 4.00. The Morgan fingerprint density at radius 3 is 2.90 bits per heavy atom. The van der Waals surface area contributed by atoms with Gasteiger partial charge in [0.05, 0.1) is 12.6 Å². The molecule has 0 amide bonds. The molecule has 0 radical (unpaired) electrons. The Morgan fingerprint density at radius 2 is 2.19 bits per heavy atom. The van der Waals surface area contributed by atoms with Gasteiger partial charge in [0.25, 0.3) is 0 Å². The summed E-state index contributed by atoms with van der Waals surface area (Å²) in [5, 5.41) is 3.70. The maximum atomic E-state index is 5.91. The SMILES string of the molecule is CCCNC(c1cc(C)c(C)s1)c1cccc2c1OCC2. The first kappa shape index (κ1) is 14.6. The number of rotatable bonds is 5. The van der Waals surface area contributed by atoms with Gasteiger partial charge in [0, 0.05) is 21.7 Å². The van der Waals surface area contributed by atoms with Crippen molar-refractivity contribution in [3.63, 3.8) is 0 Å². The van der Waals surface area contributed by atoms with Crippen LogP contribution in [0.2, 0.25) is 0 Å². The van der Waals surface area contributed by atoms with E-state index in [0.717, 1.165) is 31.7 Å². The second-order valence-electron chi connectivity index (χ2n) is 5.71. The van der Waals surface area contributed by atoms with Crippen LogP contribution in [-0.2, 0) is 6.42 Å². The number of aryl methyl sites for hydroxylation is 2. The zero-order valence-corrected chi connectivity index (χ0v) is 13.8. The molecule has 2 nitrogen and oxygen atoms in total. The van der Waals surface area contributed by atoms with Crippen LogP contribution in [-0.4, -0.2) is 13.2 Å². The monoisotopic (exact) mass is 301 g/mol. The topological polar surface area (TPSA) is 21.3 Å². The summed E-state index contributed by atoms with van der Waals surface area (Å²) in [6.07, 6.45) is 2.17. The summed E-state index contributed by atoms with van der Waals surface area (Å²) < 4.78 is 5.91. The number of benzene rings is 1. The van der Waals surface area contributed by atoms with Crippen molar-refractivity contribution in [1.82, 2.24) is 5.32 Å². The third-order valence-electron chi connectivity index (χ3n) is 4.12. The Kier molecular flexibility index (Phi) is 4.32. The van der Waals surface area contributed by atoms with Crippen molar-refractivity contribution >= 4 is 11.3 Å². The molecule has 3 rings (SSSR count). The quantitative estimate of drug-likeness (QED) is 0.884. The summed E-state index contributed by atoms with van der Waals surface area (Å²) in [6, 6.07) is 9.13. The molecule has 0 bridgehead atoms. The molecular weight excluding hydrogens is 278 g/mol. The number of nitrogens with one attached hydrogen (secondary N) is 1. The predicted octanol–water partition coefficient (Wildman–Crippen LogP) is 4.39. The molecule has 1 N–H and O–H groups in total. The summed E-state index contributed by atoms with van der Waals surface area (Å²) in [7, 11) is 0. The Labute approximate surface area is 131 Å². The van der Waals surface area contributed by atoms with Crippen LogP contribution in [0.5, 0.6) is 5.75 Å². The van der Waals surface area contributed by atoms with Crippen molar-refractivity contribution in [3.8, 4) is 5.75 Å². The number of fused-ring (bicyclic) bond motifs is 1. The highest BCUT2D eigenvalue weighted by Gasteiger charge is 2.24. The molecular formula is C18H23NOS. The molecule has 21 heavy (non-hydrogen) atoms. The number of hydrogen-bond acceptors (Lipinski definition) is 3. The molecule has 1 unspecified atom stereocenters. The van der Waals surface area contributed by atoms with Gasteiger partial charge in [-0.25, -0.2) is 0 Å². The zero-order valence-electron chi connectivity index (χ0n) is 13.0. The van der Waals surface area contributed by atoms with Gasteiger partial charge in [-0.2, -0.15) is 0 Å². The number of para-hydroxylation sites is 1. The standard InChI is InChI=1S/C18H23NOS/c1-4-9-19-17(16-11-12(2)13(3)21-16)15-7-5-6-14-8-10-20-18(14)15/h5-7,11,17,19H,4,8-10H2,1-3H3. The molecule has 1 aromatic carbocycles. The molecule has 3 heteroatoms. The second kappa shape index (κ2) is 6.20. The number of ether oxygens (including phenoxy) is 1. The van der Waals surface area contributed by atoms with Gasteiger partial charge in [-0.05, 0) is 44.0 Å². The maximum Gasteiger partial charge on any atom is 0.127 e. The number of hydrogen-bond donors (Lipinski definition) is 1. The first-order valence-corrected chi connectivity index (χ1v) is 8.57. The van der Waals surface area contributed by atoms with Crippen molar-refractivity contribution in [1.29, 1.82) is 0 Å². The van der Waals surface area contributed by atoms with Crippen LogP contribution in [0.1, 0.15) is 45.8 Å². The predicted molar refractivity (Wildman–Crippen MR) is 89.6 cm³/mol. The zero-order chi connectivity index (χ0) is 14.8. The van der Waals surface area contributed by atoms with Crippen LogP contribution in [0.4, 0.5) is 0 Å². The molecule has 0 spiro atoms. The second-order valence-corrected chi connectivity index (χ2v) is 7.00. The van der Waals surface area contributed by atoms with Gasteiger partial charge >= 0.3 is 0 Å². The number of thiophene rings is 1. The van der Waals surface area contributed by atoms with E-state index in [2.05, 4.69) is 50.4 Å². The average molecular weight is 301 g/mol. The Bertz CT molecular complexity index is 613. The highest BCUT2D eigenvalue weighted by atomic mass is 32.1. The Balaban J connectivity index is 2.01. The normalized spacial score (nSPS) is 14.8. The molecule has 112 valence electrons. The fourth-order valence-electron chi connectivity index (χ4n) is 2.86. The van der Waals surface area contributed by atoms with Crippen LogP contribution in [0.3, 0.4) is 0 Å². The van der Waals surface area contributed by atoms with Crippen LogP contribution in [0.15, 0.2) is 24.3 Å². The van der Waals surface area contributed by atoms with E-state index in [9.17, 15) is 0 Å². The third-order valence-corrected chi connectivity index (χ3v) is 5.34. The lowest BCUT2D eigenvalue weighted by Crippen LogP contribution is -2.22. The molecule has 0 aliphatic carbocycles. The van der Waals surface area contributed by atoms with Gasteiger partial charge in [-0.3, -0.25) is 0 Å². The summed E-state index contributed by atoms with van der Waals surface area (Å²) in [5.41, 5.74) is 4.02. The molecule has 1 aromatic heterocycles. The smallest absolute Gasteiger partial charge is 0.127 e. The fraction of sp³-hybridized carbons (Fsp3) is 0.444. The summed E-state index contributed by atoms with van der Waals surface area (Å²) in [6.45, 7) is 8.44. The molecule has 1 aliphatic rings. The minimum absolute atomic E-state index is 0.246. The van der Waals surface area contributed by atoms with Crippen LogP contribution >= 0.6 is 11.3 Å². The molecule has 1 atom stereocenters. The summed E-state index contributed by atoms with van der Waals surface area (Å²) >= 11 is 1.90. The molecule has 0 fully saturated rings. The highest BCUT2D eigenvalue weighted by Crippen LogP contribution is 2.38. The van der Waals surface area contributed by atoms with E-state index in [1.165, 1.54) is 26.4 Å². The minimum atomic E-state index is 0.246. The van der Waals surface area contributed by atoms with E-state index >= 15 is 0 Å². The van der Waals surface area contributed by atoms with Crippen molar-refractivity contribution in [2.45, 2.75) is 39.7 Å². The van der Waals surface area contributed by atoms with Gasteiger partial charge < -0.3 is 10.1 Å². The van der Waals surface area contributed by atoms with E-state index in [1.54, 1.807) is 0 Å². The van der Waals surface area contributed by atoms with Gasteiger partial charge in [0.2, 0.25) is 0 Å². The Morgan fingerprint density at radius 1 is 1.33 bits per heavy atom. The maximum absolute atomic E-state index is 5.91. The van der Waals surface area contributed by atoms with Crippen molar-refractivity contribution in [3.05, 3.63) is 50.7 Å². The van der Waals surface area contributed by atoms with Gasteiger partial charge in [0.1, 0.15) is 5.75 Å². The highest BCUT2D eigenvalue weighted by molar-refractivity contribution is 7.12. The molecule has 1 aliphatic heterocycles. The van der Waals surface area contributed by atoms with Crippen LogP contribution in [0, 0.1) is 13.8 Å². The molecule has 2 heterocycles. The van der Waals surface area contributed by atoms with Crippen LogP contribution < -0.4 is 10.1 Å². The lowest BCUT2D eigenvalue weighted by molar-refractivity contribution is 0.350. The largest absolute Gasteiger partial charge is 0.493 e. The lowest BCUT2D eigenvalue weighted by Gasteiger charge is -2.20. The minimum Gasteiger partial charge on any atom is -0.493 e. The van der Waals surface area contributed by atoms with Crippen molar-refractivity contribution in [2.24, 2.45) is 0 Å². The van der Waals surface area contributed by atoms with Crippen LogP contribution in [0.25, 0.3) is 0 Å².